The second-order valence-corrected chi connectivity index (χ2v) is 3.55. The number of nitrogens with zero attached hydrogens (tertiary/aromatic N) is 1. The van der Waals surface area contributed by atoms with Crippen LogP contribution in [-0.2, 0) is 11.2 Å². The molecule has 5 heteroatoms. The third kappa shape index (κ3) is 3.71. The molecule has 5 nitrogen and oxygen atoms in total. The van der Waals surface area contributed by atoms with Gasteiger partial charge in [0, 0.05) is 24.2 Å². The molecule has 0 bridgehead atoms. The van der Waals surface area contributed by atoms with Gasteiger partial charge in [0.15, 0.2) is 5.82 Å². The van der Waals surface area contributed by atoms with E-state index in [1.54, 1.807) is 0 Å². The number of nitrogens with two attached hydrogens (primary N) is 1. The SMILES string of the molecule is CCc1cc(NC(=O)CC(N)CC)n[nH]1. The first-order chi connectivity index (χ1) is 7.15. The number of carbonyl (C=O) groups excluding carboxylic acids is 1. The van der Waals surface area contributed by atoms with Crippen molar-refractivity contribution in [3.8, 4) is 0 Å². The maximum atomic E-state index is 11.4. The smallest absolute Gasteiger partial charge is 0.227 e. The molecule has 1 rings (SSSR count). The number of aromatic amines is 1. The van der Waals surface area contributed by atoms with Crippen LogP contribution < -0.4 is 11.1 Å². The van der Waals surface area contributed by atoms with Crippen LogP contribution in [0.5, 0.6) is 0 Å². The van der Waals surface area contributed by atoms with Gasteiger partial charge in [-0.15, -0.1) is 0 Å². The van der Waals surface area contributed by atoms with Crippen LogP contribution in [0.2, 0.25) is 0 Å². The maximum absolute atomic E-state index is 11.4. The molecule has 1 aromatic heterocycles. The average Bonchev–Trinajstić information content (AvgIpc) is 2.65. The van der Waals surface area contributed by atoms with Gasteiger partial charge < -0.3 is 11.1 Å². The first-order valence-electron chi connectivity index (χ1n) is 5.25. The molecule has 1 aromatic rings. The second kappa shape index (κ2) is 5.50. The zero-order valence-corrected chi connectivity index (χ0v) is 9.21. The highest BCUT2D eigenvalue weighted by molar-refractivity contribution is 5.90. The van der Waals surface area contributed by atoms with E-state index in [0.717, 1.165) is 18.5 Å². The van der Waals surface area contributed by atoms with E-state index >= 15 is 0 Å². The molecule has 1 atom stereocenters. The molecule has 84 valence electrons. The van der Waals surface area contributed by atoms with E-state index in [1.807, 2.05) is 19.9 Å². The lowest BCUT2D eigenvalue weighted by Crippen LogP contribution is -2.26. The highest BCUT2D eigenvalue weighted by Crippen LogP contribution is 2.06. The Morgan fingerprint density at radius 2 is 2.40 bits per heavy atom. The van der Waals surface area contributed by atoms with Crippen molar-refractivity contribution in [2.24, 2.45) is 5.73 Å². The Kier molecular flexibility index (Phi) is 4.30. The van der Waals surface area contributed by atoms with E-state index in [2.05, 4.69) is 15.5 Å². The second-order valence-electron chi connectivity index (χ2n) is 3.55. The topological polar surface area (TPSA) is 83.8 Å². The van der Waals surface area contributed by atoms with E-state index in [9.17, 15) is 4.79 Å². The van der Waals surface area contributed by atoms with Crippen LogP contribution in [0.4, 0.5) is 5.82 Å². The lowest BCUT2D eigenvalue weighted by atomic mass is 10.1. The van der Waals surface area contributed by atoms with Gasteiger partial charge >= 0.3 is 0 Å². The van der Waals surface area contributed by atoms with Crippen LogP contribution in [0.1, 0.15) is 32.4 Å². The number of hydrogen-bond acceptors (Lipinski definition) is 3. The van der Waals surface area contributed by atoms with Gasteiger partial charge in [0.1, 0.15) is 0 Å². The summed E-state index contributed by atoms with van der Waals surface area (Å²) in [6.45, 7) is 3.98. The highest BCUT2D eigenvalue weighted by Gasteiger charge is 2.09. The summed E-state index contributed by atoms with van der Waals surface area (Å²) in [5.41, 5.74) is 6.67. The van der Waals surface area contributed by atoms with Crippen molar-refractivity contribution < 1.29 is 4.79 Å². The van der Waals surface area contributed by atoms with Crippen molar-refractivity contribution in [3.05, 3.63) is 11.8 Å². The summed E-state index contributed by atoms with van der Waals surface area (Å²) in [4.78, 5) is 11.4. The van der Waals surface area contributed by atoms with Crippen LogP contribution in [0.25, 0.3) is 0 Å². The van der Waals surface area contributed by atoms with E-state index in [-0.39, 0.29) is 11.9 Å². The molecule has 0 aliphatic rings. The molecule has 1 unspecified atom stereocenters. The van der Waals surface area contributed by atoms with Crippen molar-refractivity contribution in [2.75, 3.05) is 5.32 Å². The first-order valence-corrected chi connectivity index (χ1v) is 5.25. The largest absolute Gasteiger partial charge is 0.327 e. The molecule has 0 aliphatic heterocycles. The van der Waals surface area contributed by atoms with Crippen molar-refractivity contribution in [3.63, 3.8) is 0 Å². The zero-order valence-electron chi connectivity index (χ0n) is 9.21. The Morgan fingerprint density at radius 3 is 2.93 bits per heavy atom. The molecular weight excluding hydrogens is 192 g/mol. The monoisotopic (exact) mass is 210 g/mol. The number of rotatable bonds is 5. The fraction of sp³-hybridized carbons (Fsp3) is 0.600. The molecule has 4 N–H and O–H groups in total. The van der Waals surface area contributed by atoms with Gasteiger partial charge in [0.2, 0.25) is 5.91 Å². The number of aryl methyl sites for hydroxylation is 1. The normalized spacial score (nSPS) is 12.5. The molecule has 0 fully saturated rings. The third-order valence-corrected chi connectivity index (χ3v) is 2.25. The summed E-state index contributed by atoms with van der Waals surface area (Å²) in [6, 6.07) is 1.75. The molecule has 1 heterocycles. The molecule has 15 heavy (non-hydrogen) atoms. The van der Waals surface area contributed by atoms with Gasteiger partial charge in [-0.05, 0) is 12.8 Å². The number of hydrogen-bond donors (Lipinski definition) is 3. The van der Waals surface area contributed by atoms with Crippen LogP contribution in [-0.4, -0.2) is 22.1 Å². The van der Waals surface area contributed by atoms with Crippen LogP contribution in [0.15, 0.2) is 6.07 Å². The quantitative estimate of drug-likeness (QED) is 0.679. The summed E-state index contributed by atoms with van der Waals surface area (Å²) in [7, 11) is 0. The van der Waals surface area contributed by atoms with Crippen LogP contribution >= 0.6 is 0 Å². The van der Waals surface area contributed by atoms with Crippen molar-refractivity contribution in [1.82, 2.24) is 10.2 Å². The standard InChI is InChI=1S/C10H18N4O/c1-3-7(11)5-10(15)12-9-6-8(4-2)13-14-9/h6-7H,3-5,11H2,1-2H3,(H2,12,13,14,15). The van der Waals surface area contributed by atoms with E-state index in [4.69, 9.17) is 5.73 Å². The minimum atomic E-state index is -0.0847. The van der Waals surface area contributed by atoms with Gasteiger partial charge in [0.05, 0.1) is 0 Å². The molecular formula is C10H18N4O. The van der Waals surface area contributed by atoms with Crippen molar-refractivity contribution >= 4 is 11.7 Å². The third-order valence-electron chi connectivity index (χ3n) is 2.25. The number of carbonyl (C=O) groups is 1. The molecule has 0 saturated heterocycles. The average molecular weight is 210 g/mol. The summed E-state index contributed by atoms with van der Waals surface area (Å²) < 4.78 is 0. The molecule has 0 aromatic carbocycles. The van der Waals surface area contributed by atoms with Crippen LogP contribution in [0, 0.1) is 0 Å². The zero-order chi connectivity index (χ0) is 11.3. The first kappa shape index (κ1) is 11.7. The Labute approximate surface area is 89.4 Å². The minimum absolute atomic E-state index is 0.0745. The number of aromatic nitrogens is 2. The number of nitrogens with one attached hydrogen (secondary N) is 2. The predicted molar refractivity (Wildman–Crippen MR) is 59.5 cm³/mol. The fourth-order valence-electron chi connectivity index (χ4n) is 1.18. The fourth-order valence-corrected chi connectivity index (χ4v) is 1.18. The van der Waals surface area contributed by atoms with E-state index in [0.29, 0.717) is 12.2 Å². The lowest BCUT2D eigenvalue weighted by molar-refractivity contribution is -0.116. The Balaban J connectivity index is 2.44. The van der Waals surface area contributed by atoms with Crippen molar-refractivity contribution in [2.45, 2.75) is 39.2 Å². The van der Waals surface area contributed by atoms with Crippen molar-refractivity contribution in [1.29, 1.82) is 0 Å². The summed E-state index contributed by atoms with van der Waals surface area (Å²) in [5, 5.41) is 9.50. The summed E-state index contributed by atoms with van der Waals surface area (Å²) in [5.74, 6) is 0.485. The number of anilines is 1. The van der Waals surface area contributed by atoms with E-state index in [1.165, 1.54) is 0 Å². The number of amides is 1. The minimum Gasteiger partial charge on any atom is -0.327 e. The summed E-state index contributed by atoms with van der Waals surface area (Å²) in [6.07, 6.45) is 2.01. The van der Waals surface area contributed by atoms with Gasteiger partial charge in [-0.25, -0.2) is 0 Å². The summed E-state index contributed by atoms with van der Waals surface area (Å²) >= 11 is 0. The molecule has 0 radical (unpaired) electrons. The van der Waals surface area contributed by atoms with Gasteiger partial charge in [-0.1, -0.05) is 13.8 Å². The van der Waals surface area contributed by atoms with Gasteiger partial charge in [-0.2, -0.15) is 5.10 Å². The van der Waals surface area contributed by atoms with Gasteiger partial charge in [-0.3, -0.25) is 9.89 Å². The molecule has 0 spiro atoms. The van der Waals surface area contributed by atoms with Gasteiger partial charge in [0.25, 0.3) is 0 Å². The Bertz CT molecular complexity index is 321. The highest BCUT2D eigenvalue weighted by atomic mass is 16.1. The maximum Gasteiger partial charge on any atom is 0.227 e. The molecule has 0 aliphatic carbocycles. The van der Waals surface area contributed by atoms with Crippen LogP contribution in [0.3, 0.4) is 0 Å². The predicted octanol–water partition coefficient (Wildman–Crippen LogP) is 1.04. The Morgan fingerprint density at radius 1 is 1.67 bits per heavy atom. The number of H-pyrrole nitrogens is 1. The molecule has 1 amide bonds. The Hall–Kier alpha value is -1.36. The van der Waals surface area contributed by atoms with E-state index < -0.39 is 0 Å². The molecule has 0 saturated carbocycles. The lowest BCUT2D eigenvalue weighted by Gasteiger charge is -2.07.